The lowest BCUT2D eigenvalue weighted by molar-refractivity contribution is 0.237. The molecule has 0 saturated carbocycles. The number of likely N-dealkylation sites (N-methyl/N-ethyl adjacent to an activating group) is 1. The molecule has 2 saturated heterocycles. The van der Waals surface area contributed by atoms with Crippen molar-refractivity contribution in [2.45, 2.75) is 47.0 Å². The molecule has 2 fully saturated rings. The second-order valence-corrected chi connectivity index (χ2v) is 9.09. The predicted molar refractivity (Wildman–Crippen MR) is 156 cm³/mol. The van der Waals surface area contributed by atoms with Gasteiger partial charge in [0.1, 0.15) is 5.52 Å². The van der Waals surface area contributed by atoms with Crippen molar-refractivity contribution >= 4 is 22.4 Å². The number of fused-ring (bicyclic) bond motifs is 1. The molecule has 1 aromatic carbocycles. The Hall–Kier alpha value is -2.70. The Bertz CT molecular complexity index is 1020. The fourth-order valence-corrected chi connectivity index (χ4v) is 4.78. The highest BCUT2D eigenvalue weighted by Gasteiger charge is 2.15. The number of rotatable bonds is 6. The molecule has 1 N–H and O–H groups in total. The molecule has 0 bridgehead atoms. The molecule has 6 heteroatoms. The van der Waals surface area contributed by atoms with Crippen LogP contribution in [0.25, 0.3) is 22.3 Å². The molecule has 3 aromatic rings. The third kappa shape index (κ3) is 7.40. The number of hydrogen-bond donors (Lipinski definition) is 1. The topological polar surface area (TPSA) is 47.5 Å². The van der Waals surface area contributed by atoms with E-state index in [9.17, 15) is 0 Å². The average Bonchev–Trinajstić information content (AvgIpc) is 2.96. The minimum absolute atomic E-state index is 0.928. The first-order valence-electron chi connectivity index (χ1n) is 14.0. The Kier molecular flexibility index (Phi) is 11.4. The molecular weight excluding hydrogens is 444 g/mol. The minimum Gasteiger partial charge on any atom is -0.382 e. The quantitative estimate of drug-likeness (QED) is 0.457. The second-order valence-electron chi connectivity index (χ2n) is 9.09. The largest absolute Gasteiger partial charge is 0.382 e. The minimum atomic E-state index is 0.928. The number of hydrogen-bond acceptors (Lipinski definition) is 6. The van der Waals surface area contributed by atoms with E-state index in [4.69, 9.17) is 4.98 Å². The van der Waals surface area contributed by atoms with Crippen molar-refractivity contribution in [1.82, 2.24) is 19.8 Å². The summed E-state index contributed by atoms with van der Waals surface area (Å²) in [5.74, 6) is 0. The summed E-state index contributed by atoms with van der Waals surface area (Å²) in [5, 5.41) is 3.66. The predicted octanol–water partition coefficient (Wildman–Crippen LogP) is 6.00. The maximum atomic E-state index is 4.92. The molecule has 196 valence electrons. The van der Waals surface area contributed by atoms with E-state index in [1.807, 2.05) is 40.0 Å². The zero-order valence-corrected chi connectivity index (χ0v) is 23.1. The van der Waals surface area contributed by atoms with E-state index in [2.05, 4.69) is 68.4 Å². The fourth-order valence-electron chi connectivity index (χ4n) is 4.78. The third-order valence-electron chi connectivity index (χ3n) is 6.79. The molecule has 0 spiro atoms. The number of pyridine rings is 2. The summed E-state index contributed by atoms with van der Waals surface area (Å²) in [6.07, 6.45) is 5.88. The van der Waals surface area contributed by atoms with Crippen LogP contribution in [0.2, 0.25) is 0 Å². The first kappa shape index (κ1) is 27.9. The van der Waals surface area contributed by atoms with Crippen molar-refractivity contribution in [3.05, 3.63) is 48.7 Å². The van der Waals surface area contributed by atoms with Gasteiger partial charge in [-0.25, -0.2) is 4.98 Å². The second kappa shape index (κ2) is 14.8. The van der Waals surface area contributed by atoms with Gasteiger partial charge in [-0.2, -0.15) is 0 Å². The Morgan fingerprint density at radius 2 is 1.53 bits per heavy atom. The summed E-state index contributed by atoms with van der Waals surface area (Å²) < 4.78 is 0. The van der Waals surface area contributed by atoms with Crippen molar-refractivity contribution in [2.75, 3.05) is 69.6 Å². The van der Waals surface area contributed by atoms with Crippen LogP contribution in [0.5, 0.6) is 0 Å². The number of likely N-dealkylation sites (tertiary alicyclic amines) is 1. The summed E-state index contributed by atoms with van der Waals surface area (Å²) in [6, 6.07) is 15.1. The van der Waals surface area contributed by atoms with Crippen LogP contribution in [0.15, 0.2) is 48.7 Å². The number of benzene rings is 1. The Morgan fingerprint density at radius 3 is 2.22 bits per heavy atom. The maximum Gasteiger partial charge on any atom is 0.112 e. The first-order chi connectivity index (χ1) is 17.8. The van der Waals surface area contributed by atoms with Gasteiger partial charge in [0.2, 0.25) is 0 Å². The van der Waals surface area contributed by atoms with Crippen LogP contribution in [0.1, 0.15) is 47.0 Å². The van der Waals surface area contributed by atoms with Crippen molar-refractivity contribution in [1.29, 1.82) is 0 Å². The number of piperazine rings is 1. The lowest BCUT2D eigenvalue weighted by Gasteiger charge is -2.34. The average molecular weight is 491 g/mol. The molecule has 2 aliphatic heterocycles. The summed E-state index contributed by atoms with van der Waals surface area (Å²) in [6.45, 7) is 16.9. The number of nitrogens with one attached hydrogen (secondary N) is 1. The molecule has 0 aliphatic carbocycles. The Labute approximate surface area is 218 Å². The summed E-state index contributed by atoms with van der Waals surface area (Å²) in [4.78, 5) is 17.0. The zero-order chi connectivity index (χ0) is 25.8. The van der Waals surface area contributed by atoms with Crippen molar-refractivity contribution < 1.29 is 0 Å². The Balaban J connectivity index is 0.000000861. The van der Waals surface area contributed by atoms with Gasteiger partial charge < -0.3 is 20.0 Å². The van der Waals surface area contributed by atoms with Gasteiger partial charge in [-0.05, 0) is 63.3 Å². The van der Waals surface area contributed by atoms with Crippen LogP contribution >= 0.6 is 0 Å². The molecule has 0 unspecified atom stereocenters. The molecule has 0 radical (unpaired) electrons. The number of anilines is 2. The fraction of sp³-hybridized carbons (Fsp3) is 0.533. The SMILES string of the molecule is CC.CC.CN1CCN(c2ccc(-c3cc(NCCN4CCCCC4)c4ncccc4n3)cc2)CC1. The van der Waals surface area contributed by atoms with Gasteiger partial charge in [-0.3, -0.25) is 4.98 Å². The highest BCUT2D eigenvalue weighted by molar-refractivity contribution is 5.90. The van der Waals surface area contributed by atoms with Gasteiger partial charge in [0.05, 0.1) is 16.9 Å². The van der Waals surface area contributed by atoms with Gasteiger partial charge in [-0.15, -0.1) is 0 Å². The highest BCUT2D eigenvalue weighted by atomic mass is 15.2. The monoisotopic (exact) mass is 490 g/mol. The lowest BCUT2D eigenvalue weighted by atomic mass is 10.1. The normalized spacial score (nSPS) is 16.5. The van der Waals surface area contributed by atoms with E-state index < -0.39 is 0 Å². The van der Waals surface area contributed by atoms with Gasteiger partial charge in [0.25, 0.3) is 0 Å². The summed E-state index contributed by atoms with van der Waals surface area (Å²) in [7, 11) is 2.19. The Morgan fingerprint density at radius 1 is 0.833 bits per heavy atom. The third-order valence-corrected chi connectivity index (χ3v) is 6.79. The van der Waals surface area contributed by atoms with E-state index in [0.29, 0.717) is 0 Å². The van der Waals surface area contributed by atoms with E-state index in [0.717, 1.165) is 67.2 Å². The summed E-state index contributed by atoms with van der Waals surface area (Å²) in [5.41, 5.74) is 6.40. The molecule has 2 aromatic heterocycles. The zero-order valence-electron chi connectivity index (χ0n) is 23.1. The molecule has 0 atom stereocenters. The summed E-state index contributed by atoms with van der Waals surface area (Å²) >= 11 is 0. The van der Waals surface area contributed by atoms with Crippen LogP contribution < -0.4 is 10.2 Å². The lowest BCUT2D eigenvalue weighted by Crippen LogP contribution is -2.44. The molecular formula is C30H46N6. The van der Waals surface area contributed by atoms with Gasteiger partial charge >= 0.3 is 0 Å². The van der Waals surface area contributed by atoms with Crippen LogP contribution in [-0.4, -0.2) is 79.2 Å². The van der Waals surface area contributed by atoms with Gasteiger partial charge in [0, 0.05) is 56.7 Å². The van der Waals surface area contributed by atoms with Gasteiger partial charge in [0.15, 0.2) is 0 Å². The van der Waals surface area contributed by atoms with Crippen molar-refractivity contribution in [3.8, 4) is 11.3 Å². The van der Waals surface area contributed by atoms with E-state index >= 15 is 0 Å². The smallest absolute Gasteiger partial charge is 0.112 e. The molecule has 5 rings (SSSR count). The molecule has 36 heavy (non-hydrogen) atoms. The first-order valence-corrected chi connectivity index (χ1v) is 14.0. The van der Waals surface area contributed by atoms with E-state index in [-0.39, 0.29) is 0 Å². The van der Waals surface area contributed by atoms with Crippen LogP contribution in [-0.2, 0) is 0 Å². The van der Waals surface area contributed by atoms with Crippen LogP contribution in [0.3, 0.4) is 0 Å². The molecule has 0 amide bonds. The molecule has 4 heterocycles. The van der Waals surface area contributed by atoms with E-state index in [1.54, 1.807) is 0 Å². The number of aromatic nitrogens is 2. The maximum absolute atomic E-state index is 4.92. The van der Waals surface area contributed by atoms with E-state index in [1.165, 1.54) is 38.0 Å². The number of nitrogens with zero attached hydrogens (tertiary/aromatic N) is 5. The van der Waals surface area contributed by atoms with Gasteiger partial charge in [-0.1, -0.05) is 46.2 Å². The van der Waals surface area contributed by atoms with Crippen LogP contribution in [0.4, 0.5) is 11.4 Å². The van der Waals surface area contributed by atoms with Crippen molar-refractivity contribution in [2.24, 2.45) is 0 Å². The molecule has 2 aliphatic rings. The number of piperidine rings is 1. The van der Waals surface area contributed by atoms with Crippen molar-refractivity contribution in [3.63, 3.8) is 0 Å². The van der Waals surface area contributed by atoms with Crippen LogP contribution in [0, 0.1) is 0 Å². The highest BCUT2D eigenvalue weighted by Crippen LogP contribution is 2.28. The standard InChI is InChI=1S/C26H34N6.2C2H6/c1-30-16-18-32(19-17-30)22-9-7-21(8-10-22)24-20-25(26-23(29-24)6-5-11-28-26)27-12-15-31-13-3-2-4-14-31;2*1-2/h5-11,20H,2-4,12-19H2,1H3,(H,27,29);2*1-2H3. The molecule has 6 nitrogen and oxygen atoms in total.